The Labute approximate surface area is 163 Å². The molecule has 3 aromatic rings. The van der Waals surface area contributed by atoms with Crippen LogP contribution in [-0.2, 0) is 11.4 Å². The largest absolute Gasteiger partial charge is 0.485 e. The van der Waals surface area contributed by atoms with Gasteiger partial charge >= 0.3 is 0 Å². The molecule has 0 atom stereocenters. The number of hydrogen-bond donors (Lipinski definition) is 1. The molecular weight excluding hydrogens is 358 g/mol. The number of benzene rings is 2. The van der Waals surface area contributed by atoms with Crippen molar-refractivity contribution < 1.29 is 9.53 Å². The summed E-state index contributed by atoms with van der Waals surface area (Å²) in [6.45, 7) is 2.39. The summed E-state index contributed by atoms with van der Waals surface area (Å²) in [6, 6.07) is 20.9. The number of pyridine rings is 1. The molecular formula is C21H19N3O2S. The van der Waals surface area contributed by atoms with Crippen molar-refractivity contribution in [2.45, 2.75) is 13.5 Å². The first kappa shape index (κ1) is 18.5. The number of amides is 1. The van der Waals surface area contributed by atoms with Gasteiger partial charge in [0.2, 0.25) is 6.41 Å². The lowest BCUT2D eigenvalue weighted by Gasteiger charge is -2.20. The number of carbonyl (C=O) groups excluding carboxylic acids is 1. The van der Waals surface area contributed by atoms with E-state index in [1.54, 1.807) is 18.3 Å². The van der Waals surface area contributed by atoms with E-state index in [-0.39, 0.29) is 5.11 Å². The molecule has 0 aliphatic carbocycles. The molecule has 0 unspecified atom stereocenters. The summed E-state index contributed by atoms with van der Waals surface area (Å²) in [5, 5.41) is 3.22. The fourth-order valence-electron chi connectivity index (χ4n) is 2.43. The van der Waals surface area contributed by atoms with Crippen LogP contribution in [0.2, 0.25) is 0 Å². The fraction of sp³-hybridized carbons (Fsp3) is 0.0952. The maximum absolute atomic E-state index is 11.6. The average molecular weight is 377 g/mol. The molecule has 0 aliphatic heterocycles. The van der Waals surface area contributed by atoms with E-state index in [0.717, 1.165) is 11.1 Å². The van der Waals surface area contributed by atoms with Crippen molar-refractivity contribution in [2.24, 2.45) is 0 Å². The van der Waals surface area contributed by atoms with E-state index in [1.807, 2.05) is 61.5 Å². The maximum Gasteiger partial charge on any atom is 0.220 e. The Morgan fingerprint density at radius 2 is 1.85 bits per heavy atom. The number of carbonyl (C=O) groups is 1. The molecule has 1 amide bonds. The van der Waals surface area contributed by atoms with Crippen LogP contribution in [0.25, 0.3) is 0 Å². The van der Waals surface area contributed by atoms with Gasteiger partial charge in [0.05, 0.1) is 5.69 Å². The molecule has 3 rings (SSSR count). The first-order valence-corrected chi connectivity index (χ1v) is 8.82. The Hall–Kier alpha value is -3.25. The maximum atomic E-state index is 11.6. The van der Waals surface area contributed by atoms with Crippen molar-refractivity contribution in [2.75, 3.05) is 10.2 Å². The normalized spacial score (nSPS) is 10.1. The minimum absolute atomic E-state index is 0.220. The van der Waals surface area contributed by atoms with Crippen molar-refractivity contribution in [3.63, 3.8) is 0 Å². The highest BCUT2D eigenvalue weighted by molar-refractivity contribution is 7.80. The summed E-state index contributed by atoms with van der Waals surface area (Å²) >= 11 is 5.40. The van der Waals surface area contributed by atoms with Gasteiger partial charge in [0.1, 0.15) is 6.61 Å². The lowest BCUT2D eigenvalue weighted by Crippen LogP contribution is -2.33. The lowest BCUT2D eigenvalue weighted by molar-refractivity contribution is -0.106. The Morgan fingerprint density at radius 1 is 1.11 bits per heavy atom. The van der Waals surface area contributed by atoms with Gasteiger partial charge in [-0.15, -0.1) is 0 Å². The van der Waals surface area contributed by atoms with Gasteiger partial charge in [-0.3, -0.25) is 9.69 Å². The van der Waals surface area contributed by atoms with Gasteiger partial charge in [0.25, 0.3) is 0 Å². The minimum Gasteiger partial charge on any atom is -0.485 e. The van der Waals surface area contributed by atoms with Gasteiger partial charge in [-0.1, -0.05) is 48.0 Å². The molecule has 0 saturated carbocycles. The van der Waals surface area contributed by atoms with Gasteiger partial charge in [-0.2, -0.15) is 0 Å². The number of aryl methyl sites for hydroxylation is 1. The first-order valence-electron chi connectivity index (χ1n) is 8.41. The number of rotatable bonds is 6. The molecule has 6 heteroatoms. The van der Waals surface area contributed by atoms with E-state index in [0.29, 0.717) is 30.3 Å². The molecule has 0 radical (unpaired) electrons. The van der Waals surface area contributed by atoms with E-state index in [9.17, 15) is 4.79 Å². The molecule has 0 spiro atoms. The smallest absolute Gasteiger partial charge is 0.220 e. The van der Waals surface area contributed by atoms with E-state index >= 15 is 0 Å². The molecule has 27 heavy (non-hydrogen) atoms. The summed E-state index contributed by atoms with van der Waals surface area (Å²) in [5.74, 6) is 1.01. The first-order chi connectivity index (χ1) is 13.2. The Morgan fingerprint density at radius 3 is 2.56 bits per heavy atom. The zero-order valence-electron chi connectivity index (χ0n) is 14.8. The second-order valence-electron chi connectivity index (χ2n) is 5.87. The van der Waals surface area contributed by atoms with Crippen LogP contribution in [0.15, 0.2) is 72.9 Å². The fourth-order valence-corrected chi connectivity index (χ4v) is 2.67. The van der Waals surface area contributed by atoms with Crippen molar-refractivity contribution in [1.82, 2.24) is 4.98 Å². The van der Waals surface area contributed by atoms with Crippen LogP contribution < -0.4 is 15.0 Å². The lowest BCUT2D eigenvalue weighted by atomic mass is 10.2. The van der Waals surface area contributed by atoms with Crippen LogP contribution in [0.3, 0.4) is 0 Å². The summed E-state index contributed by atoms with van der Waals surface area (Å²) in [7, 11) is 0. The van der Waals surface area contributed by atoms with Gasteiger partial charge < -0.3 is 10.1 Å². The highest BCUT2D eigenvalue weighted by Gasteiger charge is 2.14. The quantitative estimate of drug-likeness (QED) is 0.512. The second-order valence-corrected chi connectivity index (χ2v) is 6.25. The predicted molar refractivity (Wildman–Crippen MR) is 111 cm³/mol. The third kappa shape index (κ3) is 4.89. The molecule has 0 saturated heterocycles. The van der Waals surface area contributed by atoms with Crippen LogP contribution in [0.5, 0.6) is 5.75 Å². The standard InChI is InChI=1S/C21H19N3O2S/c1-16-9-11-18(12-10-16)24(15-25)21(27)23-20-19(8-5-13-22-20)26-14-17-6-3-2-4-7-17/h2-13,15H,14H2,1H3,(H,22,23,27). The van der Waals surface area contributed by atoms with Gasteiger partial charge in [-0.25, -0.2) is 4.98 Å². The van der Waals surface area contributed by atoms with Gasteiger partial charge in [0, 0.05) is 6.20 Å². The van der Waals surface area contributed by atoms with Crippen LogP contribution >= 0.6 is 12.2 Å². The number of aromatic nitrogens is 1. The average Bonchev–Trinajstić information content (AvgIpc) is 2.70. The molecule has 0 bridgehead atoms. The monoisotopic (exact) mass is 377 g/mol. The number of thiocarbonyl (C=S) groups is 1. The molecule has 0 fully saturated rings. The van der Waals surface area contributed by atoms with Crippen LogP contribution in [-0.4, -0.2) is 16.5 Å². The van der Waals surface area contributed by atoms with Crippen LogP contribution in [0.4, 0.5) is 11.5 Å². The molecule has 136 valence electrons. The highest BCUT2D eigenvalue weighted by Crippen LogP contribution is 2.23. The molecule has 1 aromatic heterocycles. The Kier molecular flexibility index (Phi) is 6.12. The van der Waals surface area contributed by atoms with E-state index in [1.165, 1.54) is 4.90 Å². The SMILES string of the molecule is Cc1ccc(N(C=O)C(=S)Nc2ncccc2OCc2ccccc2)cc1. The summed E-state index contributed by atoms with van der Waals surface area (Å²) in [4.78, 5) is 17.2. The van der Waals surface area contributed by atoms with E-state index in [2.05, 4.69) is 10.3 Å². The van der Waals surface area contributed by atoms with Crippen molar-refractivity contribution >= 4 is 35.2 Å². The van der Waals surface area contributed by atoms with Crippen LogP contribution in [0.1, 0.15) is 11.1 Å². The van der Waals surface area contributed by atoms with E-state index < -0.39 is 0 Å². The van der Waals surface area contributed by atoms with Gasteiger partial charge in [-0.05, 0) is 49.0 Å². The molecule has 5 nitrogen and oxygen atoms in total. The minimum atomic E-state index is 0.220. The zero-order chi connectivity index (χ0) is 19.1. The highest BCUT2D eigenvalue weighted by atomic mass is 32.1. The summed E-state index contributed by atoms with van der Waals surface area (Å²) in [6.07, 6.45) is 2.31. The summed E-state index contributed by atoms with van der Waals surface area (Å²) < 4.78 is 5.87. The van der Waals surface area contributed by atoms with Crippen LogP contribution in [0, 0.1) is 6.92 Å². The summed E-state index contributed by atoms with van der Waals surface area (Å²) in [5.41, 5.74) is 2.82. The number of ether oxygens (including phenoxy) is 1. The number of anilines is 2. The second kappa shape index (κ2) is 8.91. The number of hydrogen-bond acceptors (Lipinski definition) is 4. The Bertz CT molecular complexity index is 914. The van der Waals surface area contributed by atoms with Crippen molar-refractivity contribution in [3.05, 3.63) is 84.1 Å². The molecule has 0 aliphatic rings. The Balaban J connectivity index is 1.73. The molecule has 2 aromatic carbocycles. The molecule has 1 heterocycles. The topological polar surface area (TPSA) is 54.5 Å². The van der Waals surface area contributed by atoms with E-state index in [4.69, 9.17) is 17.0 Å². The van der Waals surface area contributed by atoms with Crippen molar-refractivity contribution in [3.8, 4) is 5.75 Å². The molecule has 1 N–H and O–H groups in total. The third-order valence-electron chi connectivity index (χ3n) is 3.87. The number of nitrogens with zero attached hydrogens (tertiary/aromatic N) is 2. The number of nitrogens with one attached hydrogen (secondary N) is 1. The third-order valence-corrected chi connectivity index (χ3v) is 4.17. The van der Waals surface area contributed by atoms with Gasteiger partial charge in [0.15, 0.2) is 16.7 Å². The zero-order valence-corrected chi connectivity index (χ0v) is 15.6. The predicted octanol–water partition coefficient (Wildman–Crippen LogP) is 4.33. The van der Waals surface area contributed by atoms with Crippen molar-refractivity contribution in [1.29, 1.82) is 0 Å².